The van der Waals surface area contributed by atoms with E-state index >= 15 is 0 Å². The largest absolute Gasteiger partial charge is 0.478 e. The standard InChI is InChI=1S/C31H30FN3O5/c1-33-24-7-5-22(6-8-24)31-25(19-3-2-4-23(32)13-19)14-27(35-29(38)20-9-10-34-15-20)30(31,39)28-21(17-37)11-18(16-36)12-26(28)40-31/h2-8,11-13,20,25,27,34,36-37,39H,9-10,14-17H2,(H,35,38)/t20?,25-,27-,30+,31-/m0/s1. The molecule has 9 heteroatoms. The van der Waals surface area contributed by atoms with Crippen LogP contribution in [0.4, 0.5) is 10.1 Å². The third kappa shape index (κ3) is 3.83. The lowest BCUT2D eigenvalue weighted by Crippen LogP contribution is -2.57. The van der Waals surface area contributed by atoms with Gasteiger partial charge in [-0.25, -0.2) is 9.24 Å². The summed E-state index contributed by atoms with van der Waals surface area (Å²) in [7, 11) is 0. The third-order valence-corrected chi connectivity index (χ3v) is 8.71. The van der Waals surface area contributed by atoms with Crippen molar-refractivity contribution < 1.29 is 29.2 Å². The number of hydrogen-bond acceptors (Lipinski definition) is 6. The number of aliphatic hydroxyl groups excluding tert-OH is 2. The number of carbonyl (C=O) groups is 1. The normalized spacial score (nSPS) is 28.4. The molecule has 5 atom stereocenters. The van der Waals surface area contributed by atoms with Gasteiger partial charge in [-0.15, -0.1) is 0 Å². The van der Waals surface area contributed by atoms with Crippen LogP contribution in [-0.2, 0) is 29.2 Å². The second kappa shape index (κ2) is 9.98. The number of amides is 1. The molecule has 1 saturated carbocycles. The minimum Gasteiger partial charge on any atom is -0.478 e. The smallest absolute Gasteiger partial charge is 0.224 e. The van der Waals surface area contributed by atoms with Crippen LogP contribution in [-0.4, -0.2) is 40.4 Å². The highest BCUT2D eigenvalue weighted by atomic mass is 19.1. The highest BCUT2D eigenvalue weighted by Crippen LogP contribution is 2.67. The Kier molecular flexibility index (Phi) is 6.59. The van der Waals surface area contributed by atoms with E-state index in [1.807, 2.05) is 0 Å². The second-order valence-corrected chi connectivity index (χ2v) is 10.8. The van der Waals surface area contributed by atoms with Crippen molar-refractivity contribution in [1.82, 2.24) is 10.6 Å². The van der Waals surface area contributed by atoms with Crippen LogP contribution in [0.5, 0.6) is 5.75 Å². The maximum absolute atomic E-state index is 14.6. The lowest BCUT2D eigenvalue weighted by atomic mass is 9.70. The molecule has 40 heavy (non-hydrogen) atoms. The molecule has 1 amide bonds. The molecule has 0 radical (unpaired) electrons. The Labute approximate surface area is 231 Å². The SMILES string of the molecule is [C-]#[N+]c1ccc([C@@]23Oc4cc(CO)cc(CO)c4[C@]2(O)[C@@H](NC(=O)C2CCNC2)C[C@H]3c2cccc(F)c2)cc1. The minimum atomic E-state index is -1.88. The Bertz CT molecular complexity index is 1500. The summed E-state index contributed by atoms with van der Waals surface area (Å²) in [5.74, 6) is -1.27. The topological polar surface area (TPSA) is 115 Å². The minimum absolute atomic E-state index is 0.202. The van der Waals surface area contributed by atoms with Gasteiger partial charge in [0.15, 0.2) is 16.9 Å². The summed E-state index contributed by atoms with van der Waals surface area (Å²) >= 11 is 0. The summed E-state index contributed by atoms with van der Waals surface area (Å²) in [4.78, 5) is 16.9. The molecule has 2 heterocycles. The fourth-order valence-corrected chi connectivity index (χ4v) is 6.93. The van der Waals surface area contributed by atoms with Crippen molar-refractivity contribution in [2.24, 2.45) is 5.92 Å². The predicted molar refractivity (Wildman–Crippen MR) is 144 cm³/mol. The summed E-state index contributed by atoms with van der Waals surface area (Å²) in [5, 5.41) is 39.7. The Morgan fingerprint density at radius 1 is 1.15 bits per heavy atom. The van der Waals surface area contributed by atoms with E-state index in [2.05, 4.69) is 15.5 Å². The van der Waals surface area contributed by atoms with Crippen LogP contribution >= 0.6 is 0 Å². The van der Waals surface area contributed by atoms with Gasteiger partial charge in [0, 0.05) is 18.0 Å². The van der Waals surface area contributed by atoms with Crippen LogP contribution in [0.15, 0.2) is 60.7 Å². The molecule has 206 valence electrons. The predicted octanol–water partition coefficient (Wildman–Crippen LogP) is 3.12. The van der Waals surface area contributed by atoms with E-state index in [1.165, 1.54) is 12.1 Å². The van der Waals surface area contributed by atoms with Gasteiger partial charge in [0.2, 0.25) is 5.91 Å². The van der Waals surface area contributed by atoms with Crippen LogP contribution in [0.2, 0.25) is 0 Å². The van der Waals surface area contributed by atoms with Crippen molar-refractivity contribution >= 4 is 11.6 Å². The molecule has 1 aliphatic carbocycles. The summed E-state index contributed by atoms with van der Waals surface area (Å²) in [6, 6.07) is 15.2. The van der Waals surface area contributed by atoms with Crippen LogP contribution < -0.4 is 15.4 Å². The van der Waals surface area contributed by atoms with Crippen LogP contribution in [0.3, 0.4) is 0 Å². The molecule has 1 saturated heterocycles. The number of fused-ring (bicyclic) bond motifs is 3. The number of aliphatic hydroxyl groups is 3. The van der Waals surface area contributed by atoms with Crippen molar-refractivity contribution in [3.63, 3.8) is 0 Å². The molecule has 3 aromatic carbocycles. The van der Waals surface area contributed by atoms with E-state index in [0.29, 0.717) is 46.5 Å². The average Bonchev–Trinajstić information content (AvgIpc) is 3.66. The molecular formula is C31H30FN3O5. The van der Waals surface area contributed by atoms with Gasteiger partial charge in [0.05, 0.1) is 31.7 Å². The Morgan fingerprint density at radius 2 is 1.95 bits per heavy atom. The van der Waals surface area contributed by atoms with Crippen molar-refractivity contribution in [3.05, 3.63) is 106 Å². The first-order valence-corrected chi connectivity index (χ1v) is 13.4. The maximum atomic E-state index is 14.6. The van der Waals surface area contributed by atoms with E-state index in [1.54, 1.807) is 48.5 Å². The van der Waals surface area contributed by atoms with Crippen molar-refractivity contribution in [1.29, 1.82) is 0 Å². The van der Waals surface area contributed by atoms with E-state index in [4.69, 9.17) is 11.3 Å². The van der Waals surface area contributed by atoms with Crippen molar-refractivity contribution in [2.75, 3.05) is 13.1 Å². The quantitative estimate of drug-likeness (QED) is 0.305. The second-order valence-electron chi connectivity index (χ2n) is 10.8. The first-order chi connectivity index (χ1) is 19.3. The zero-order valence-corrected chi connectivity index (χ0v) is 21.7. The highest BCUT2D eigenvalue weighted by Gasteiger charge is 2.73. The summed E-state index contributed by atoms with van der Waals surface area (Å²) < 4.78 is 21.4. The Balaban J connectivity index is 1.61. The molecule has 2 aliphatic heterocycles. The first kappa shape index (κ1) is 26.4. The molecule has 3 aromatic rings. The van der Waals surface area contributed by atoms with Crippen LogP contribution in [0.1, 0.15) is 46.6 Å². The lowest BCUT2D eigenvalue weighted by Gasteiger charge is -2.42. The third-order valence-electron chi connectivity index (χ3n) is 8.71. The first-order valence-electron chi connectivity index (χ1n) is 13.4. The molecule has 8 nitrogen and oxygen atoms in total. The van der Waals surface area contributed by atoms with Gasteiger partial charge in [0.1, 0.15) is 11.6 Å². The van der Waals surface area contributed by atoms with E-state index in [-0.39, 0.29) is 30.6 Å². The fourth-order valence-electron chi connectivity index (χ4n) is 6.93. The molecule has 0 aromatic heterocycles. The molecule has 6 rings (SSSR count). The highest BCUT2D eigenvalue weighted by molar-refractivity contribution is 5.80. The number of rotatable bonds is 6. The summed E-state index contributed by atoms with van der Waals surface area (Å²) in [6.07, 6.45) is 0.894. The van der Waals surface area contributed by atoms with Crippen LogP contribution in [0, 0.1) is 18.3 Å². The zero-order valence-electron chi connectivity index (χ0n) is 21.7. The number of nitrogens with zero attached hydrogens (tertiary/aromatic N) is 1. The van der Waals surface area contributed by atoms with Crippen molar-refractivity contribution in [3.8, 4) is 5.75 Å². The summed E-state index contributed by atoms with van der Waals surface area (Å²) in [5.41, 5.74) is -0.725. The Hall–Kier alpha value is -3.81. The van der Waals surface area contributed by atoms with Crippen LogP contribution in [0.25, 0.3) is 4.85 Å². The molecule has 3 aliphatic rings. The lowest BCUT2D eigenvalue weighted by molar-refractivity contribution is -0.135. The molecule has 1 unspecified atom stereocenters. The molecule has 0 spiro atoms. The van der Waals surface area contributed by atoms with Crippen molar-refractivity contribution in [2.45, 2.75) is 49.2 Å². The number of halogens is 1. The summed E-state index contributed by atoms with van der Waals surface area (Å²) in [6.45, 7) is 7.90. The molecule has 5 N–H and O–H groups in total. The number of nitrogens with one attached hydrogen (secondary N) is 2. The maximum Gasteiger partial charge on any atom is 0.224 e. The van der Waals surface area contributed by atoms with E-state index < -0.39 is 35.6 Å². The average molecular weight is 544 g/mol. The van der Waals surface area contributed by atoms with E-state index in [0.717, 1.165) is 6.54 Å². The monoisotopic (exact) mass is 543 g/mol. The van der Waals surface area contributed by atoms with Gasteiger partial charge >= 0.3 is 0 Å². The fraction of sp³-hybridized carbons (Fsp3) is 0.355. The molecular weight excluding hydrogens is 513 g/mol. The number of benzene rings is 3. The van der Waals surface area contributed by atoms with E-state index in [9.17, 15) is 24.5 Å². The van der Waals surface area contributed by atoms with Gasteiger partial charge in [-0.2, -0.15) is 0 Å². The number of carbonyl (C=O) groups excluding carboxylic acids is 1. The van der Waals surface area contributed by atoms with Gasteiger partial charge < -0.3 is 30.7 Å². The number of ether oxygens (including phenoxy) is 1. The Morgan fingerprint density at radius 3 is 2.60 bits per heavy atom. The number of hydrogen-bond donors (Lipinski definition) is 5. The van der Waals surface area contributed by atoms with Gasteiger partial charge in [-0.3, -0.25) is 4.79 Å². The van der Waals surface area contributed by atoms with Gasteiger partial charge in [-0.05, 0) is 59.8 Å². The van der Waals surface area contributed by atoms with Gasteiger partial charge in [-0.1, -0.05) is 42.5 Å². The molecule has 0 bridgehead atoms. The molecule has 2 fully saturated rings. The zero-order chi connectivity index (χ0) is 28.1. The van der Waals surface area contributed by atoms with Gasteiger partial charge in [0.25, 0.3) is 0 Å².